The van der Waals surface area contributed by atoms with Gasteiger partial charge < -0.3 is 14.6 Å². The molecule has 1 aliphatic rings. The lowest BCUT2D eigenvalue weighted by molar-refractivity contribution is 0.238. The number of hydrogen-bond acceptors (Lipinski definition) is 5. The molecule has 96 valence electrons. The van der Waals surface area contributed by atoms with Crippen LogP contribution in [0.2, 0.25) is 0 Å². The maximum absolute atomic E-state index is 5.61. The summed E-state index contributed by atoms with van der Waals surface area (Å²) in [4.78, 5) is 7.02. The van der Waals surface area contributed by atoms with Crippen molar-refractivity contribution < 1.29 is 4.42 Å². The minimum absolute atomic E-state index is 0.338. The number of nitrogens with zero attached hydrogens (tertiary/aromatic N) is 2. The van der Waals surface area contributed by atoms with Crippen LogP contribution in [-0.4, -0.2) is 36.6 Å². The quantitative estimate of drug-likeness (QED) is 0.902. The first-order chi connectivity index (χ1) is 8.72. The Labute approximate surface area is 111 Å². The molecule has 3 rings (SSSR count). The summed E-state index contributed by atoms with van der Waals surface area (Å²) in [6.07, 6.45) is 0. The van der Waals surface area contributed by atoms with Gasteiger partial charge in [0, 0.05) is 25.0 Å². The summed E-state index contributed by atoms with van der Waals surface area (Å²) in [5, 5.41) is 6.60. The van der Waals surface area contributed by atoms with E-state index in [1.807, 2.05) is 19.1 Å². The lowest BCUT2D eigenvalue weighted by Crippen LogP contribution is -2.43. The summed E-state index contributed by atoms with van der Waals surface area (Å²) in [5.74, 6) is 1.80. The lowest BCUT2D eigenvalue weighted by atomic mass is 10.2. The third-order valence-electron chi connectivity index (χ3n) is 3.21. The van der Waals surface area contributed by atoms with Crippen LogP contribution in [0.3, 0.4) is 0 Å². The average molecular weight is 263 g/mol. The van der Waals surface area contributed by atoms with E-state index in [2.05, 4.69) is 27.6 Å². The Morgan fingerprint density at radius 2 is 2.39 bits per heavy atom. The molecule has 0 aromatic carbocycles. The molecule has 0 radical (unpaired) electrons. The molecule has 5 heteroatoms. The molecule has 0 bridgehead atoms. The Morgan fingerprint density at radius 3 is 3.11 bits per heavy atom. The lowest BCUT2D eigenvalue weighted by Gasteiger charge is -2.29. The number of nitrogens with one attached hydrogen (secondary N) is 1. The third kappa shape index (κ3) is 2.34. The molecular formula is C13H17N3OS. The van der Waals surface area contributed by atoms with Crippen molar-refractivity contribution in [1.29, 1.82) is 0 Å². The Bertz CT molecular complexity index is 534. The van der Waals surface area contributed by atoms with Gasteiger partial charge in [-0.25, -0.2) is 4.98 Å². The van der Waals surface area contributed by atoms with Crippen molar-refractivity contribution in [3.63, 3.8) is 0 Å². The predicted molar refractivity (Wildman–Crippen MR) is 72.8 cm³/mol. The Kier molecular flexibility index (Phi) is 3.20. The van der Waals surface area contributed by atoms with Crippen molar-refractivity contribution >= 4 is 11.3 Å². The standard InChI is InChI=1S/C13H17N3OS/c1-9-3-4-12(17-9)13-15-11(8-18-13)10-7-16(2)6-5-14-10/h3-4,8,10,14H,5-7H2,1-2H3. The molecule has 1 aliphatic heterocycles. The number of aryl methyl sites for hydroxylation is 1. The molecule has 1 fully saturated rings. The topological polar surface area (TPSA) is 41.3 Å². The summed E-state index contributed by atoms with van der Waals surface area (Å²) in [6, 6.07) is 4.30. The zero-order valence-corrected chi connectivity index (χ0v) is 11.5. The highest BCUT2D eigenvalue weighted by Gasteiger charge is 2.21. The number of piperazine rings is 1. The van der Waals surface area contributed by atoms with Crippen LogP contribution in [0.1, 0.15) is 17.5 Å². The van der Waals surface area contributed by atoms with Gasteiger partial charge in [0.2, 0.25) is 0 Å². The first-order valence-electron chi connectivity index (χ1n) is 6.16. The Hall–Kier alpha value is -1.17. The van der Waals surface area contributed by atoms with Crippen LogP contribution >= 0.6 is 11.3 Å². The summed E-state index contributed by atoms with van der Waals surface area (Å²) < 4.78 is 5.61. The molecule has 1 unspecified atom stereocenters. The smallest absolute Gasteiger partial charge is 0.162 e. The molecule has 2 aromatic rings. The van der Waals surface area contributed by atoms with E-state index in [4.69, 9.17) is 4.42 Å². The van der Waals surface area contributed by atoms with E-state index in [1.54, 1.807) is 11.3 Å². The van der Waals surface area contributed by atoms with Gasteiger partial charge in [-0.15, -0.1) is 11.3 Å². The second-order valence-electron chi connectivity index (χ2n) is 4.76. The number of hydrogen-bond donors (Lipinski definition) is 1. The van der Waals surface area contributed by atoms with Crippen molar-refractivity contribution in [3.8, 4) is 10.8 Å². The summed E-state index contributed by atoms with van der Waals surface area (Å²) in [7, 11) is 2.15. The fourth-order valence-corrected chi connectivity index (χ4v) is 3.04. The molecule has 4 nitrogen and oxygen atoms in total. The molecule has 0 aliphatic carbocycles. The van der Waals surface area contributed by atoms with Crippen LogP contribution in [0, 0.1) is 6.92 Å². The number of furan rings is 1. The van der Waals surface area contributed by atoms with Gasteiger partial charge in [-0.1, -0.05) is 0 Å². The van der Waals surface area contributed by atoms with Crippen LogP contribution in [0.5, 0.6) is 0 Å². The van der Waals surface area contributed by atoms with Gasteiger partial charge in [0.1, 0.15) is 5.76 Å². The molecule has 1 N–H and O–H groups in total. The van der Waals surface area contributed by atoms with Gasteiger partial charge in [-0.05, 0) is 26.1 Å². The van der Waals surface area contributed by atoms with Gasteiger partial charge in [-0.2, -0.15) is 0 Å². The second kappa shape index (κ2) is 4.84. The van der Waals surface area contributed by atoms with Crippen LogP contribution in [0.4, 0.5) is 0 Å². The summed E-state index contributed by atoms with van der Waals surface area (Å²) in [5.41, 5.74) is 1.12. The third-order valence-corrected chi connectivity index (χ3v) is 4.08. The molecule has 0 amide bonds. The maximum atomic E-state index is 5.61. The molecule has 1 atom stereocenters. The average Bonchev–Trinajstić information content (AvgIpc) is 2.97. The molecule has 3 heterocycles. The van der Waals surface area contributed by atoms with Crippen molar-refractivity contribution in [2.45, 2.75) is 13.0 Å². The monoisotopic (exact) mass is 263 g/mol. The molecule has 0 saturated carbocycles. The first kappa shape index (κ1) is 11.9. The van der Waals surface area contributed by atoms with E-state index in [0.29, 0.717) is 6.04 Å². The normalized spacial score (nSPS) is 21.3. The maximum Gasteiger partial charge on any atom is 0.162 e. The molecule has 2 aromatic heterocycles. The van der Waals surface area contributed by atoms with Gasteiger partial charge >= 0.3 is 0 Å². The molecule has 1 saturated heterocycles. The molecule has 18 heavy (non-hydrogen) atoms. The largest absolute Gasteiger partial charge is 0.459 e. The van der Waals surface area contributed by atoms with Gasteiger partial charge in [0.25, 0.3) is 0 Å². The van der Waals surface area contributed by atoms with E-state index >= 15 is 0 Å². The first-order valence-corrected chi connectivity index (χ1v) is 7.04. The fraction of sp³-hybridized carbons (Fsp3) is 0.462. The summed E-state index contributed by atoms with van der Waals surface area (Å²) >= 11 is 1.65. The van der Waals surface area contributed by atoms with Crippen LogP contribution in [0.25, 0.3) is 10.8 Å². The van der Waals surface area contributed by atoms with Gasteiger partial charge in [-0.3, -0.25) is 0 Å². The zero-order chi connectivity index (χ0) is 12.5. The van der Waals surface area contributed by atoms with Gasteiger partial charge in [0.05, 0.1) is 11.7 Å². The number of rotatable bonds is 2. The van der Waals surface area contributed by atoms with Crippen molar-refractivity contribution in [2.24, 2.45) is 0 Å². The number of likely N-dealkylation sites (N-methyl/N-ethyl adjacent to an activating group) is 1. The molecule has 0 spiro atoms. The minimum Gasteiger partial charge on any atom is -0.459 e. The minimum atomic E-state index is 0.338. The van der Waals surface area contributed by atoms with E-state index in [-0.39, 0.29) is 0 Å². The number of thiazole rings is 1. The van der Waals surface area contributed by atoms with E-state index in [0.717, 1.165) is 41.9 Å². The summed E-state index contributed by atoms with van der Waals surface area (Å²) in [6.45, 7) is 5.09. The van der Waals surface area contributed by atoms with Crippen LogP contribution < -0.4 is 5.32 Å². The Morgan fingerprint density at radius 1 is 1.50 bits per heavy atom. The molecular weight excluding hydrogens is 246 g/mol. The van der Waals surface area contributed by atoms with Gasteiger partial charge in [0.15, 0.2) is 10.8 Å². The number of aromatic nitrogens is 1. The highest BCUT2D eigenvalue weighted by Crippen LogP contribution is 2.28. The van der Waals surface area contributed by atoms with E-state index < -0.39 is 0 Å². The van der Waals surface area contributed by atoms with Crippen LogP contribution in [-0.2, 0) is 0 Å². The highest BCUT2D eigenvalue weighted by molar-refractivity contribution is 7.13. The van der Waals surface area contributed by atoms with E-state index in [1.165, 1.54) is 0 Å². The predicted octanol–water partition coefficient (Wildman–Crippen LogP) is 2.29. The Balaban J connectivity index is 1.80. The van der Waals surface area contributed by atoms with Crippen LogP contribution in [0.15, 0.2) is 21.9 Å². The fourth-order valence-electron chi connectivity index (χ4n) is 2.20. The zero-order valence-electron chi connectivity index (χ0n) is 10.6. The second-order valence-corrected chi connectivity index (χ2v) is 5.61. The van der Waals surface area contributed by atoms with E-state index in [9.17, 15) is 0 Å². The SMILES string of the molecule is Cc1ccc(-c2nc(C3CN(C)CCN3)cs2)o1. The van der Waals surface area contributed by atoms with Crippen molar-refractivity contribution in [2.75, 3.05) is 26.7 Å². The van der Waals surface area contributed by atoms with Crippen molar-refractivity contribution in [1.82, 2.24) is 15.2 Å². The highest BCUT2D eigenvalue weighted by atomic mass is 32.1. The van der Waals surface area contributed by atoms with Crippen molar-refractivity contribution in [3.05, 3.63) is 29.0 Å².